The Kier molecular flexibility index (Phi) is 4.89. The van der Waals surface area contributed by atoms with E-state index in [2.05, 4.69) is 30.2 Å². The van der Waals surface area contributed by atoms with Crippen molar-refractivity contribution in [3.8, 4) is 0 Å². The second-order valence-corrected chi connectivity index (χ2v) is 7.65. The quantitative estimate of drug-likeness (QED) is 0.700. The van der Waals surface area contributed by atoms with Crippen LogP contribution in [0.4, 0.5) is 17.5 Å². The van der Waals surface area contributed by atoms with Gasteiger partial charge in [-0.2, -0.15) is 4.98 Å². The molecule has 2 N–H and O–H groups in total. The van der Waals surface area contributed by atoms with Crippen molar-refractivity contribution in [2.24, 2.45) is 0 Å². The van der Waals surface area contributed by atoms with Crippen molar-refractivity contribution in [1.82, 2.24) is 24.5 Å². The molecule has 3 aromatic heterocycles. The van der Waals surface area contributed by atoms with Crippen molar-refractivity contribution < 1.29 is 4.74 Å². The van der Waals surface area contributed by atoms with Gasteiger partial charge in [-0.15, -0.1) is 0 Å². The minimum Gasteiger partial charge on any atom is -0.378 e. The molecule has 1 aliphatic carbocycles. The summed E-state index contributed by atoms with van der Waals surface area (Å²) in [6.07, 6.45) is 9.04. The van der Waals surface area contributed by atoms with Crippen LogP contribution in [0.15, 0.2) is 29.3 Å². The number of nitrogens with one attached hydrogen (secondary N) is 2. The Morgan fingerprint density at radius 2 is 1.90 bits per heavy atom. The zero-order valence-electron chi connectivity index (χ0n) is 16.3. The minimum absolute atomic E-state index is 0.102. The number of imidazole rings is 1. The average Bonchev–Trinajstić information content (AvgIpc) is 3.10. The van der Waals surface area contributed by atoms with Crippen LogP contribution in [0.1, 0.15) is 38.1 Å². The number of fused-ring (bicyclic) bond motifs is 1. The molecule has 0 unspecified atom stereocenters. The van der Waals surface area contributed by atoms with E-state index in [1.807, 2.05) is 12.1 Å². The maximum absolute atomic E-state index is 12.5. The highest BCUT2D eigenvalue weighted by Gasteiger charge is 2.21. The van der Waals surface area contributed by atoms with Gasteiger partial charge in [-0.1, -0.05) is 19.3 Å². The predicted molar refractivity (Wildman–Crippen MR) is 111 cm³/mol. The number of hydrogen-bond acceptors (Lipinski definition) is 7. The number of pyridine rings is 1. The number of rotatable bonds is 4. The SMILES string of the molecule is O=c1[nH]c2cnc(Nc3ccc(N4CCOCC4)nc3)nc2n1C1CCCCC1. The number of H-pyrrole nitrogens is 1. The van der Waals surface area contributed by atoms with Crippen LogP contribution in [0.2, 0.25) is 0 Å². The molecule has 0 aromatic carbocycles. The molecule has 1 saturated heterocycles. The molecule has 1 aliphatic heterocycles. The molecule has 5 rings (SSSR count). The largest absolute Gasteiger partial charge is 0.378 e. The van der Waals surface area contributed by atoms with E-state index >= 15 is 0 Å². The second kappa shape index (κ2) is 7.82. The maximum atomic E-state index is 12.5. The van der Waals surface area contributed by atoms with Gasteiger partial charge in [0.2, 0.25) is 5.95 Å². The number of aromatic amines is 1. The first-order chi connectivity index (χ1) is 14.3. The summed E-state index contributed by atoms with van der Waals surface area (Å²) >= 11 is 0. The van der Waals surface area contributed by atoms with Gasteiger partial charge >= 0.3 is 5.69 Å². The van der Waals surface area contributed by atoms with Gasteiger partial charge in [-0.3, -0.25) is 4.57 Å². The van der Waals surface area contributed by atoms with Gasteiger partial charge in [-0.25, -0.2) is 14.8 Å². The Balaban J connectivity index is 1.38. The summed E-state index contributed by atoms with van der Waals surface area (Å²) in [6.45, 7) is 3.17. The highest BCUT2D eigenvalue weighted by molar-refractivity contribution is 5.72. The molecular weight excluding hydrogens is 370 g/mol. The van der Waals surface area contributed by atoms with Gasteiger partial charge in [0.05, 0.1) is 31.3 Å². The van der Waals surface area contributed by atoms with Gasteiger partial charge in [0.15, 0.2) is 5.65 Å². The van der Waals surface area contributed by atoms with E-state index in [0.717, 1.165) is 63.5 Å². The molecule has 152 valence electrons. The van der Waals surface area contributed by atoms with Crippen molar-refractivity contribution >= 4 is 28.6 Å². The van der Waals surface area contributed by atoms with Gasteiger partial charge < -0.3 is 19.9 Å². The Labute approximate surface area is 168 Å². The summed E-state index contributed by atoms with van der Waals surface area (Å²) in [5.41, 5.74) is 2.04. The zero-order valence-corrected chi connectivity index (χ0v) is 16.3. The fraction of sp³-hybridized carbons (Fsp3) is 0.500. The smallest absolute Gasteiger partial charge is 0.327 e. The Bertz CT molecular complexity index is 1030. The standard InChI is InChI=1S/C20H25N7O2/c28-20-24-16-13-22-19(25-18(16)27(20)15-4-2-1-3-5-15)23-14-6-7-17(21-12-14)26-8-10-29-11-9-26/h6-7,12-13,15H,1-5,8-11H2,(H,24,28)(H,22,23,25). The fourth-order valence-electron chi connectivity index (χ4n) is 4.22. The summed E-state index contributed by atoms with van der Waals surface area (Å²) in [5, 5.41) is 3.21. The van der Waals surface area contributed by atoms with Crippen LogP contribution in [-0.4, -0.2) is 50.8 Å². The molecule has 0 amide bonds. The summed E-state index contributed by atoms with van der Waals surface area (Å²) < 4.78 is 7.20. The first-order valence-electron chi connectivity index (χ1n) is 10.3. The van der Waals surface area contributed by atoms with Crippen molar-refractivity contribution in [2.45, 2.75) is 38.1 Å². The van der Waals surface area contributed by atoms with Gasteiger partial charge in [-0.05, 0) is 25.0 Å². The summed E-state index contributed by atoms with van der Waals surface area (Å²) in [6, 6.07) is 4.17. The highest BCUT2D eigenvalue weighted by Crippen LogP contribution is 2.29. The number of nitrogens with zero attached hydrogens (tertiary/aromatic N) is 5. The van der Waals surface area contributed by atoms with Crippen molar-refractivity contribution in [3.05, 3.63) is 35.0 Å². The highest BCUT2D eigenvalue weighted by atomic mass is 16.5. The van der Waals surface area contributed by atoms with Crippen LogP contribution >= 0.6 is 0 Å². The minimum atomic E-state index is -0.102. The number of hydrogen-bond donors (Lipinski definition) is 2. The number of anilines is 3. The van der Waals surface area contributed by atoms with E-state index < -0.39 is 0 Å². The normalized spacial score (nSPS) is 18.3. The lowest BCUT2D eigenvalue weighted by Crippen LogP contribution is -2.36. The molecule has 2 fully saturated rings. The van der Waals surface area contributed by atoms with Crippen LogP contribution in [-0.2, 0) is 4.74 Å². The fourth-order valence-corrected chi connectivity index (χ4v) is 4.22. The molecule has 4 heterocycles. The van der Waals surface area contributed by atoms with Crippen molar-refractivity contribution in [2.75, 3.05) is 36.5 Å². The zero-order chi connectivity index (χ0) is 19.6. The lowest BCUT2D eigenvalue weighted by Gasteiger charge is -2.27. The van der Waals surface area contributed by atoms with Crippen LogP contribution < -0.4 is 15.9 Å². The number of aromatic nitrogens is 5. The van der Waals surface area contributed by atoms with Crippen molar-refractivity contribution in [3.63, 3.8) is 0 Å². The third kappa shape index (κ3) is 3.69. The summed E-state index contributed by atoms with van der Waals surface area (Å²) in [4.78, 5) is 31.1. The molecule has 0 radical (unpaired) electrons. The third-order valence-corrected chi connectivity index (χ3v) is 5.74. The van der Waals surface area contributed by atoms with E-state index in [-0.39, 0.29) is 11.7 Å². The molecule has 3 aromatic rings. The van der Waals surface area contributed by atoms with E-state index in [1.54, 1.807) is 17.0 Å². The molecule has 1 saturated carbocycles. The Morgan fingerprint density at radius 1 is 1.07 bits per heavy atom. The Hall–Kier alpha value is -2.94. The van der Waals surface area contributed by atoms with Gasteiger partial charge in [0.1, 0.15) is 11.3 Å². The number of morpholine rings is 1. The topological polar surface area (TPSA) is 101 Å². The monoisotopic (exact) mass is 395 g/mol. The first kappa shape index (κ1) is 18.1. The molecule has 2 aliphatic rings. The lowest BCUT2D eigenvalue weighted by atomic mass is 9.95. The maximum Gasteiger partial charge on any atom is 0.327 e. The molecule has 9 nitrogen and oxygen atoms in total. The molecule has 0 spiro atoms. The average molecular weight is 395 g/mol. The van der Waals surface area contributed by atoms with E-state index in [0.29, 0.717) is 17.1 Å². The van der Waals surface area contributed by atoms with E-state index in [9.17, 15) is 4.79 Å². The number of ether oxygens (including phenoxy) is 1. The van der Waals surface area contributed by atoms with Gasteiger partial charge in [0, 0.05) is 19.1 Å². The van der Waals surface area contributed by atoms with E-state index in [4.69, 9.17) is 4.74 Å². The van der Waals surface area contributed by atoms with Crippen LogP contribution in [0.25, 0.3) is 11.2 Å². The Morgan fingerprint density at radius 3 is 2.66 bits per heavy atom. The molecule has 29 heavy (non-hydrogen) atoms. The van der Waals surface area contributed by atoms with Crippen LogP contribution in [0.5, 0.6) is 0 Å². The summed E-state index contributed by atoms with van der Waals surface area (Å²) in [5.74, 6) is 1.40. The summed E-state index contributed by atoms with van der Waals surface area (Å²) in [7, 11) is 0. The third-order valence-electron chi connectivity index (χ3n) is 5.74. The van der Waals surface area contributed by atoms with Gasteiger partial charge in [0.25, 0.3) is 0 Å². The molecule has 0 bridgehead atoms. The van der Waals surface area contributed by atoms with E-state index in [1.165, 1.54) is 6.42 Å². The van der Waals surface area contributed by atoms with Crippen LogP contribution in [0, 0.1) is 0 Å². The lowest BCUT2D eigenvalue weighted by molar-refractivity contribution is 0.122. The van der Waals surface area contributed by atoms with Crippen molar-refractivity contribution in [1.29, 1.82) is 0 Å². The second-order valence-electron chi connectivity index (χ2n) is 7.65. The molecular formula is C20H25N7O2. The predicted octanol–water partition coefficient (Wildman–Crippen LogP) is 2.60. The van der Waals surface area contributed by atoms with Crippen LogP contribution in [0.3, 0.4) is 0 Å². The molecule has 0 atom stereocenters. The molecule has 9 heteroatoms. The first-order valence-corrected chi connectivity index (χ1v) is 10.3.